The number of rotatable bonds is 4. The second-order valence-electron chi connectivity index (χ2n) is 5.14. The summed E-state index contributed by atoms with van der Waals surface area (Å²) in [6, 6.07) is -1.22. The first kappa shape index (κ1) is 14.7. The van der Waals surface area contributed by atoms with Crippen molar-refractivity contribution in [2.24, 2.45) is 12.5 Å². The van der Waals surface area contributed by atoms with Gasteiger partial charge >= 0.3 is 5.97 Å². The lowest BCUT2D eigenvalue weighted by molar-refractivity contribution is -0.141. The average molecular weight is 275 g/mol. The van der Waals surface area contributed by atoms with Crippen LogP contribution in [0.4, 0.5) is 0 Å². The molecule has 0 radical (unpaired) electrons. The van der Waals surface area contributed by atoms with E-state index in [0.717, 1.165) is 0 Å². The molecule has 1 rings (SSSR count). The molecular weight excluding hydrogens is 258 g/mol. The largest absolute Gasteiger partial charge is 0.480 e. The van der Waals surface area contributed by atoms with E-state index in [0.29, 0.717) is 0 Å². The van der Waals surface area contributed by atoms with Crippen LogP contribution in [0.15, 0.2) is 17.6 Å². The van der Waals surface area contributed by atoms with Gasteiger partial charge in [0.15, 0.2) is 5.03 Å². The second-order valence-corrected chi connectivity index (χ2v) is 6.80. The van der Waals surface area contributed by atoms with Crippen LogP contribution in [-0.2, 0) is 21.9 Å². The maximum Gasteiger partial charge on any atom is 0.322 e. The van der Waals surface area contributed by atoms with E-state index in [-0.39, 0.29) is 5.03 Å². The Kier molecular flexibility index (Phi) is 3.82. The molecule has 1 atom stereocenters. The molecule has 0 saturated heterocycles. The molecule has 1 aromatic heterocycles. The summed E-state index contributed by atoms with van der Waals surface area (Å²) in [4.78, 5) is 14.8. The number of hydrogen-bond acceptors (Lipinski definition) is 4. The van der Waals surface area contributed by atoms with Gasteiger partial charge in [0, 0.05) is 13.2 Å². The van der Waals surface area contributed by atoms with Crippen molar-refractivity contribution in [1.82, 2.24) is 14.3 Å². The van der Waals surface area contributed by atoms with Crippen LogP contribution in [0.2, 0.25) is 0 Å². The van der Waals surface area contributed by atoms with Crippen LogP contribution in [0.5, 0.6) is 0 Å². The van der Waals surface area contributed by atoms with E-state index in [9.17, 15) is 13.2 Å². The van der Waals surface area contributed by atoms with Crippen molar-refractivity contribution < 1.29 is 18.3 Å². The molecule has 0 amide bonds. The fourth-order valence-electron chi connectivity index (χ4n) is 1.34. The lowest BCUT2D eigenvalue weighted by Crippen LogP contribution is -2.49. The highest BCUT2D eigenvalue weighted by Gasteiger charge is 2.35. The highest BCUT2D eigenvalue weighted by atomic mass is 32.2. The molecule has 0 aliphatic heterocycles. The molecule has 1 aromatic rings. The van der Waals surface area contributed by atoms with Crippen LogP contribution in [0.25, 0.3) is 0 Å². The standard InChI is InChI=1S/C10H17N3O4S/c1-10(2,3)8(9(14)15)12-18(16,17)7-5-13(4)6-11-7/h5-6,8,12H,1-4H3,(H,14,15). The van der Waals surface area contributed by atoms with Crippen LogP contribution in [0.1, 0.15) is 20.8 Å². The van der Waals surface area contributed by atoms with Crippen molar-refractivity contribution in [2.75, 3.05) is 0 Å². The van der Waals surface area contributed by atoms with E-state index < -0.39 is 27.4 Å². The minimum absolute atomic E-state index is 0.194. The quantitative estimate of drug-likeness (QED) is 0.817. The summed E-state index contributed by atoms with van der Waals surface area (Å²) in [7, 11) is -2.30. The summed E-state index contributed by atoms with van der Waals surface area (Å²) in [6.07, 6.45) is 2.64. The number of nitrogens with zero attached hydrogens (tertiary/aromatic N) is 2. The molecule has 1 heterocycles. The number of carboxylic acids is 1. The van der Waals surface area contributed by atoms with Gasteiger partial charge in [0.25, 0.3) is 10.0 Å². The number of aromatic nitrogens is 2. The predicted molar refractivity (Wildman–Crippen MR) is 64.4 cm³/mol. The van der Waals surface area contributed by atoms with Gasteiger partial charge in [-0.15, -0.1) is 0 Å². The molecule has 0 saturated carbocycles. The normalized spacial score (nSPS) is 14.4. The first-order chi connectivity index (χ1) is 8.04. The first-order valence-corrected chi connectivity index (χ1v) is 6.75. The molecule has 0 aromatic carbocycles. The van der Waals surface area contributed by atoms with E-state index in [2.05, 4.69) is 9.71 Å². The average Bonchev–Trinajstić information content (AvgIpc) is 2.60. The smallest absolute Gasteiger partial charge is 0.322 e. The first-order valence-electron chi connectivity index (χ1n) is 5.27. The molecule has 8 heteroatoms. The molecule has 0 aliphatic rings. The lowest BCUT2D eigenvalue weighted by Gasteiger charge is -2.27. The SMILES string of the molecule is Cn1cnc(S(=O)(=O)NC(C(=O)O)C(C)(C)C)c1. The number of hydrogen-bond donors (Lipinski definition) is 2. The molecule has 1 unspecified atom stereocenters. The molecule has 0 aliphatic carbocycles. The second kappa shape index (κ2) is 4.69. The van der Waals surface area contributed by atoms with Gasteiger partial charge in [-0.3, -0.25) is 4.79 Å². The van der Waals surface area contributed by atoms with Crippen LogP contribution >= 0.6 is 0 Å². The molecule has 0 fully saturated rings. The number of carbonyl (C=O) groups is 1. The third-order valence-corrected chi connectivity index (χ3v) is 3.65. The molecule has 7 nitrogen and oxygen atoms in total. The maximum absolute atomic E-state index is 12.0. The Bertz CT molecular complexity index is 542. The van der Waals surface area contributed by atoms with E-state index >= 15 is 0 Å². The van der Waals surface area contributed by atoms with Gasteiger partial charge in [0.05, 0.1) is 6.33 Å². The summed E-state index contributed by atoms with van der Waals surface area (Å²) >= 11 is 0. The van der Waals surface area contributed by atoms with Gasteiger partial charge in [-0.1, -0.05) is 20.8 Å². The lowest BCUT2D eigenvalue weighted by atomic mass is 9.88. The Hall–Kier alpha value is -1.41. The van der Waals surface area contributed by atoms with Crippen molar-refractivity contribution >= 4 is 16.0 Å². The van der Waals surface area contributed by atoms with E-state index in [1.165, 1.54) is 17.1 Å². The van der Waals surface area contributed by atoms with Crippen LogP contribution < -0.4 is 4.72 Å². The molecule has 0 spiro atoms. The van der Waals surface area contributed by atoms with Gasteiger partial charge < -0.3 is 9.67 Å². The Morgan fingerprint density at radius 2 is 2.06 bits per heavy atom. The minimum Gasteiger partial charge on any atom is -0.480 e. The Balaban J connectivity index is 3.05. The Morgan fingerprint density at radius 1 is 1.50 bits per heavy atom. The number of nitrogens with one attached hydrogen (secondary N) is 1. The van der Waals surface area contributed by atoms with Crippen molar-refractivity contribution in [3.63, 3.8) is 0 Å². The summed E-state index contributed by atoms with van der Waals surface area (Å²) in [5.41, 5.74) is -0.742. The number of aliphatic carboxylic acids is 1. The summed E-state index contributed by atoms with van der Waals surface area (Å²) in [6.45, 7) is 4.94. The van der Waals surface area contributed by atoms with Gasteiger partial charge in [-0.25, -0.2) is 13.4 Å². The monoisotopic (exact) mass is 275 g/mol. The zero-order valence-corrected chi connectivity index (χ0v) is 11.5. The summed E-state index contributed by atoms with van der Waals surface area (Å²) < 4.78 is 27.5. The van der Waals surface area contributed by atoms with Crippen LogP contribution in [-0.4, -0.2) is 35.1 Å². The van der Waals surface area contributed by atoms with E-state index in [1.807, 2.05) is 0 Å². The van der Waals surface area contributed by atoms with Gasteiger partial charge in [-0.05, 0) is 5.41 Å². The zero-order chi connectivity index (χ0) is 14.1. The third kappa shape index (κ3) is 3.30. The van der Waals surface area contributed by atoms with Crippen molar-refractivity contribution in [3.8, 4) is 0 Å². The maximum atomic E-state index is 12.0. The number of sulfonamides is 1. The van der Waals surface area contributed by atoms with Crippen LogP contribution in [0.3, 0.4) is 0 Å². The molecule has 2 N–H and O–H groups in total. The molecule has 18 heavy (non-hydrogen) atoms. The highest BCUT2D eigenvalue weighted by molar-refractivity contribution is 7.89. The minimum atomic E-state index is -3.93. The zero-order valence-electron chi connectivity index (χ0n) is 10.7. The third-order valence-electron chi connectivity index (χ3n) is 2.34. The topological polar surface area (TPSA) is 101 Å². The predicted octanol–water partition coefficient (Wildman–Crippen LogP) is 0.198. The summed E-state index contributed by atoms with van der Waals surface area (Å²) in [5, 5.41) is 8.88. The fourth-order valence-corrected chi connectivity index (χ4v) is 2.72. The van der Waals surface area contributed by atoms with Crippen molar-refractivity contribution in [3.05, 3.63) is 12.5 Å². The van der Waals surface area contributed by atoms with Gasteiger partial charge in [0.2, 0.25) is 0 Å². The van der Waals surface area contributed by atoms with E-state index in [1.54, 1.807) is 27.8 Å². The van der Waals surface area contributed by atoms with E-state index in [4.69, 9.17) is 5.11 Å². The summed E-state index contributed by atoms with van der Waals surface area (Å²) in [5.74, 6) is -1.22. The fraction of sp³-hybridized carbons (Fsp3) is 0.600. The molecule has 102 valence electrons. The van der Waals surface area contributed by atoms with Gasteiger partial charge in [-0.2, -0.15) is 4.72 Å². The highest BCUT2D eigenvalue weighted by Crippen LogP contribution is 2.21. The molecule has 0 bridgehead atoms. The molecular formula is C10H17N3O4S. The van der Waals surface area contributed by atoms with Crippen molar-refractivity contribution in [2.45, 2.75) is 31.8 Å². The Morgan fingerprint density at radius 3 is 2.39 bits per heavy atom. The number of imidazole rings is 1. The number of aryl methyl sites for hydroxylation is 1. The Labute approximate surface area is 106 Å². The van der Waals surface area contributed by atoms with Gasteiger partial charge in [0.1, 0.15) is 6.04 Å². The van der Waals surface area contributed by atoms with Crippen LogP contribution in [0, 0.1) is 5.41 Å². The number of carboxylic acid groups (broad SMARTS) is 1. The van der Waals surface area contributed by atoms with Crippen molar-refractivity contribution in [1.29, 1.82) is 0 Å².